The van der Waals surface area contributed by atoms with Crippen LogP contribution in [0.5, 0.6) is 0 Å². The minimum atomic E-state index is -0.653. The van der Waals surface area contributed by atoms with Crippen molar-refractivity contribution in [1.82, 2.24) is 0 Å². The molecule has 0 aliphatic carbocycles. The lowest BCUT2D eigenvalue weighted by atomic mass is 10.1. The van der Waals surface area contributed by atoms with Crippen molar-refractivity contribution >= 4 is 16.9 Å². The highest BCUT2D eigenvalue weighted by Crippen LogP contribution is 2.19. The van der Waals surface area contributed by atoms with Gasteiger partial charge in [0.25, 0.3) is 0 Å². The summed E-state index contributed by atoms with van der Waals surface area (Å²) in [6, 6.07) is 7.09. The van der Waals surface area contributed by atoms with Crippen molar-refractivity contribution in [3.05, 3.63) is 45.8 Å². The number of aryl methyl sites for hydroxylation is 1. The standard InChI is InChI=1S/C13H12O4/c1-3-16-12(14)11-8(2)9-6-4-5-7-10(9)17-13(11)15/h4-7H,3H2,1-2H3. The molecule has 88 valence electrons. The number of rotatable bonds is 2. The van der Waals surface area contributed by atoms with Crippen LogP contribution in [0.3, 0.4) is 0 Å². The summed E-state index contributed by atoms with van der Waals surface area (Å²) in [6.45, 7) is 3.63. The maximum atomic E-state index is 11.7. The first-order chi connectivity index (χ1) is 8.15. The lowest BCUT2D eigenvalue weighted by Gasteiger charge is -2.06. The molecular weight excluding hydrogens is 220 g/mol. The van der Waals surface area contributed by atoms with Crippen molar-refractivity contribution < 1.29 is 13.9 Å². The molecule has 0 atom stereocenters. The van der Waals surface area contributed by atoms with Gasteiger partial charge in [-0.15, -0.1) is 0 Å². The van der Waals surface area contributed by atoms with Crippen molar-refractivity contribution in [3.63, 3.8) is 0 Å². The predicted molar refractivity (Wildman–Crippen MR) is 63.2 cm³/mol. The number of fused-ring (bicyclic) bond motifs is 1. The summed E-state index contributed by atoms with van der Waals surface area (Å²) in [7, 11) is 0. The van der Waals surface area contributed by atoms with Crippen molar-refractivity contribution in [2.75, 3.05) is 6.61 Å². The van der Waals surface area contributed by atoms with E-state index in [1.807, 2.05) is 6.07 Å². The zero-order chi connectivity index (χ0) is 12.4. The van der Waals surface area contributed by atoms with Crippen LogP contribution >= 0.6 is 0 Å². The Bertz CT molecular complexity index is 625. The van der Waals surface area contributed by atoms with E-state index in [1.165, 1.54) is 0 Å². The Morgan fingerprint density at radius 2 is 2.06 bits per heavy atom. The Labute approximate surface area is 97.8 Å². The molecule has 0 unspecified atom stereocenters. The molecule has 2 aromatic rings. The molecule has 4 heteroatoms. The van der Waals surface area contributed by atoms with Gasteiger partial charge in [-0.25, -0.2) is 9.59 Å². The van der Waals surface area contributed by atoms with Crippen LogP contribution in [0.4, 0.5) is 0 Å². The normalized spacial score (nSPS) is 10.5. The van der Waals surface area contributed by atoms with Gasteiger partial charge in [0.2, 0.25) is 0 Å². The minimum absolute atomic E-state index is 0.0226. The average Bonchev–Trinajstić information content (AvgIpc) is 2.29. The minimum Gasteiger partial charge on any atom is -0.462 e. The number of benzene rings is 1. The highest BCUT2D eigenvalue weighted by molar-refractivity contribution is 5.95. The van der Waals surface area contributed by atoms with Gasteiger partial charge >= 0.3 is 11.6 Å². The first kappa shape index (κ1) is 11.4. The van der Waals surface area contributed by atoms with Gasteiger partial charge in [-0.1, -0.05) is 18.2 Å². The largest absolute Gasteiger partial charge is 0.462 e. The van der Waals surface area contributed by atoms with Crippen LogP contribution in [0.15, 0.2) is 33.5 Å². The summed E-state index contributed by atoms with van der Waals surface area (Å²) in [5.41, 5.74) is 0.392. The highest BCUT2D eigenvalue weighted by Gasteiger charge is 2.18. The summed E-state index contributed by atoms with van der Waals surface area (Å²) in [5, 5.41) is 0.746. The number of esters is 1. The third-order valence-corrected chi connectivity index (χ3v) is 2.55. The second-order valence-electron chi connectivity index (χ2n) is 3.61. The molecule has 1 heterocycles. The molecule has 17 heavy (non-hydrogen) atoms. The van der Waals surface area contributed by atoms with E-state index in [0.29, 0.717) is 11.1 Å². The van der Waals surface area contributed by atoms with Gasteiger partial charge in [0.05, 0.1) is 6.61 Å². The van der Waals surface area contributed by atoms with Gasteiger partial charge in [0.1, 0.15) is 11.1 Å². The first-order valence-corrected chi connectivity index (χ1v) is 5.34. The molecule has 0 aliphatic heterocycles. The van der Waals surface area contributed by atoms with E-state index in [4.69, 9.17) is 9.15 Å². The molecule has 0 aliphatic rings. The summed E-state index contributed by atoms with van der Waals surface area (Å²) in [5.74, 6) is -0.635. The third kappa shape index (κ3) is 1.93. The Morgan fingerprint density at radius 1 is 1.35 bits per heavy atom. The van der Waals surface area contributed by atoms with E-state index in [2.05, 4.69) is 0 Å². The topological polar surface area (TPSA) is 56.5 Å². The zero-order valence-corrected chi connectivity index (χ0v) is 9.65. The Balaban J connectivity index is 2.72. The van der Waals surface area contributed by atoms with Gasteiger partial charge in [-0.2, -0.15) is 0 Å². The molecule has 0 spiro atoms. The second-order valence-corrected chi connectivity index (χ2v) is 3.61. The fraction of sp³-hybridized carbons (Fsp3) is 0.231. The van der Waals surface area contributed by atoms with Crippen LogP contribution < -0.4 is 5.63 Å². The van der Waals surface area contributed by atoms with E-state index in [0.717, 1.165) is 5.39 Å². The maximum absolute atomic E-state index is 11.7. The molecular formula is C13H12O4. The van der Waals surface area contributed by atoms with Crippen LogP contribution in [0.1, 0.15) is 22.8 Å². The number of hydrogen-bond donors (Lipinski definition) is 0. The number of para-hydroxylation sites is 1. The van der Waals surface area contributed by atoms with Crippen LogP contribution in [0, 0.1) is 6.92 Å². The van der Waals surface area contributed by atoms with Gasteiger partial charge in [-0.05, 0) is 25.5 Å². The van der Waals surface area contributed by atoms with Gasteiger partial charge in [0.15, 0.2) is 0 Å². The van der Waals surface area contributed by atoms with Crippen molar-refractivity contribution in [1.29, 1.82) is 0 Å². The lowest BCUT2D eigenvalue weighted by Crippen LogP contribution is -2.18. The molecule has 0 saturated carbocycles. The van der Waals surface area contributed by atoms with Crippen LogP contribution in [0.25, 0.3) is 11.0 Å². The van der Waals surface area contributed by atoms with Gasteiger partial charge < -0.3 is 9.15 Å². The van der Waals surface area contributed by atoms with Crippen LogP contribution in [-0.4, -0.2) is 12.6 Å². The highest BCUT2D eigenvalue weighted by atomic mass is 16.5. The second kappa shape index (κ2) is 4.41. The zero-order valence-electron chi connectivity index (χ0n) is 9.65. The van der Waals surface area contributed by atoms with Crippen molar-refractivity contribution in [2.24, 2.45) is 0 Å². The van der Waals surface area contributed by atoms with E-state index in [9.17, 15) is 9.59 Å². The SMILES string of the molecule is CCOC(=O)c1c(C)c2ccccc2oc1=O. The molecule has 2 rings (SSSR count). The Kier molecular flexibility index (Phi) is 2.95. The first-order valence-electron chi connectivity index (χ1n) is 5.34. The van der Waals surface area contributed by atoms with Crippen molar-refractivity contribution in [2.45, 2.75) is 13.8 Å². The molecule has 0 bridgehead atoms. The van der Waals surface area contributed by atoms with Gasteiger partial charge in [-0.3, -0.25) is 0 Å². The molecule has 4 nitrogen and oxygen atoms in total. The molecule has 0 saturated heterocycles. The van der Waals surface area contributed by atoms with Crippen molar-refractivity contribution in [3.8, 4) is 0 Å². The lowest BCUT2D eigenvalue weighted by molar-refractivity contribution is 0.0521. The average molecular weight is 232 g/mol. The van der Waals surface area contributed by atoms with E-state index >= 15 is 0 Å². The fourth-order valence-corrected chi connectivity index (χ4v) is 1.74. The maximum Gasteiger partial charge on any atom is 0.351 e. The molecule has 0 amide bonds. The van der Waals surface area contributed by atoms with E-state index < -0.39 is 11.6 Å². The van der Waals surface area contributed by atoms with Gasteiger partial charge in [0, 0.05) is 5.39 Å². The summed E-state index contributed by atoms with van der Waals surface area (Å²) >= 11 is 0. The fourth-order valence-electron chi connectivity index (χ4n) is 1.74. The van der Waals surface area contributed by atoms with E-state index in [1.54, 1.807) is 32.0 Å². The van der Waals surface area contributed by atoms with E-state index in [-0.39, 0.29) is 12.2 Å². The number of carbonyl (C=O) groups excluding carboxylic acids is 1. The molecule has 1 aromatic heterocycles. The summed E-state index contributed by atoms with van der Waals surface area (Å²) in [6.07, 6.45) is 0. The Morgan fingerprint density at radius 3 is 2.76 bits per heavy atom. The summed E-state index contributed by atoms with van der Waals surface area (Å²) in [4.78, 5) is 23.4. The molecule has 0 fully saturated rings. The number of ether oxygens (including phenoxy) is 1. The predicted octanol–water partition coefficient (Wildman–Crippen LogP) is 2.28. The number of carbonyl (C=O) groups is 1. The third-order valence-electron chi connectivity index (χ3n) is 2.55. The summed E-state index contributed by atoms with van der Waals surface area (Å²) < 4.78 is 9.92. The number of hydrogen-bond acceptors (Lipinski definition) is 4. The molecule has 0 N–H and O–H groups in total. The smallest absolute Gasteiger partial charge is 0.351 e. The van der Waals surface area contributed by atoms with Crippen LogP contribution in [0.2, 0.25) is 0 Å². The quantitative estimate of drug-likeness (QED) is 0.588. The molecule has 0 radical (unpaired) electrons. The molecule has 1 aromatic carbocycles. The monoisotopic (exact) mass is 232 g/mol. The van der Waals surface area contributed by atoms with Crippen LogP contribution in [-0.2, 0) is 4.74 Å². The Hall–Kier alpha value is -2.10.